The lowest BCUT2D eigenvalue weighted by Gasteiger charge is -2.28. The maximum atomic E-state index is 12.8. The van der Waals surface area contributed by atoms with Gasteiger partial charge in [0.15, 0.2) is 5.96 Å². The number of carbonyl (C=O) groups excluding carboxylic acids is 3. The normalized spacial score (nSPS) is 18.0. The van der Waals surface area contributed by atoms with E-state index in [1.807, 2.05) is 49.4 Å². The Morgan fingerprint density at radius 2 is 1.79 bits per heavy atom. The molecule has 12 heteroatoms. The summed E-state index contributed by atoms with van der Waals surface area (Å²) in [6, 6.07) is 12.6. The molecule has 2 aromatic carbocycles. The molecule has 232 valence electrons. The minimum Gasteiger partial charge on any atom is -0.481 e. The third kappa shape index (κ3) is 11.2. The number of aliphatic carboxylic acids is 1. The van der Waals surface area contributed by atoms with E-state index in [-0.39, 0.29) is 61.1 Å². The summed E-state index contributed by atoms with van der Waals surface area (Å²) in [5.41, 5.74) is 17.4. The second-order valence-electron chi connectivity index (χ2n) is 10.4. The fourth-order valence-electron chi connectivity index (χ4n) is 5.02. The quantitative estimate of drug-likeness (QED) is 0.142. The average Bonchev–Trinajstić information content (AvgIpc) is 2.96. The highest BCUT2D eigenvalue weighted by atomic mass is 16.5. The second-order valence-corrected chi connectivity index (χ2v) is 10.4. The van der Waals surface area contributed by atoms with Crippen LogP contribution >= 0.6 is 0 Å². The van der Waals surface area contributed by atoms with Gasteiger partial charge in [0.05, 0.1) is 5.69 Å². The Labute approximate surface area is 251 Å². The molecule has 2 aromatic rings. The maximum Gasteiger partial charge on any atom is 0.300 e. The zero-order valence-electron chi connectivity index (χ0n) is 24.8. The van der Waals surface area contributed by atoms with Gasteiger partial charge in [0, 0.05) is 51.8 Å². The van der Waals surface area contributed by atoms with Gasteiger partial charge in [-0.05, 0) is 47.1 Å². The zero-order chi connectivity index (χ0) is 31.9. The Morgan fingerprint density at radius 1 is 1.12 bits per heavy atom. The predicted octanol–water partition coefficient (Wildman–Crippen LogP) is 2.59. The molecule has 0 aliphatic carbocycles. The first kappa shape index (κ1) is 34.5. The first-order chi connectivity index (χ1) is 20.5. The lowest BCUT2D eigenvalue weighted by molar-refractivity contribution is -0.134. The number of nitrogens with two attached hydrogens (primary N) is 2. The number of likely N-dealkylation sites (N-methyl/N-ethyl adjacent to an activating group) is 1. The summed E-state index contributed by atoms with van der Waals surface area (Å²) in [6.45, 7) is 3.10. The van der Waals surface area contributed by atoms with Crippen molar-refractivity contribution in [2.75, 3.05) is 12.5 Å². The van der Waals surface area contributed by atoms with Crippen LogP contribution in [0.2, 0.25) is 0 Å². The molecule has 3 rings (SSSR count). The van der Waals surface area contributed by atoms with Crippen LogP contribution in [0.4, 0.5) is 5.69 Å². The van der Waals surface area contributed by atoms with Crippen LogP contribution < -0.4 is 27.6 Å². The van der Waals surface area contributed by atoms with E-state index >= 15 is 0 Å². The summed E-state index contributed by atoms with van der Waals surface area (Å²) in [5.74, 6) is -1.85. The Bertz CT molecular complexity index is 1320. The molecule has 2 amide bonds. The molecule has 3 atom stereocenters. The molecule has 1 aliphatic heterocycles. The SMILES string of the molecule is CC(=O)O.CNC(=O)C1Cc2ccc(NO)c(c2C[C@@H](C)C=CN=C(N)N)C(c2ccccc2)CCC(=O)CCC(=O)N1. The number of ketones is 1. The number of Topliss-reactive ketones (excluding diaryl/α,β-unsaturated/α-hetero) is 1. The highest BCUT2D eigenvalue weighted by Crippen LogP contribution is 2.39. The van der Waals surface area contributed by atoms with E-state index in [1.165, 1.54) is 7.05 Å². The fourth-order valence-corrected chi connectivity index (χ4v) is 5.02. The van der Waals surface area contributed by atoms with E-state index in [1.54, 1.807) is 12.3 Å². The van der Waals surface area contributed by atoms with Crippen LogP contribution in [0, 0.1) is 5.92 Å². The van der Waals surface area contributed by atoms with Gasteiger partial charge in [-0.1, -0.05) is 49.4 Å². The van der Waals surface area contributed by atoms with Crippen molar-refractivity contribution in [3.05, 3.63) is 77.0 Å². The van der Waals surface area contributed by atoms with Gasteiger partial charge in [-0.15, -0.1) is 0 Å². The molecule has 2 bridgehead atoms. The number of benzene rings is 2. The summed E-state index contributed by atoms with van der Waals surface area (Å²) in [5, 5.41) is 23.0. The number of nitrogens with zero attached hydrogens (tertiary/aromatic N) is 1. The number of guanidine groups is 1. The standard InChI is InChI=1S/C29H38N6O4.C2H4O2/c1-18(14-15-33-29(30)31)16-23-20-8-12-24(35-39)27(23)22(19-6-4-3-5-7-19)11-9-21(36)10-13-26(37)34-25(17-20)28(38)32-2;1-2(3)4/h3-8,12,14-15,18,22,25,35,39H,9-11,13,16-17H2,1-2H3,(H,32,38)(H,34,37)(H4,30,31,33);1H3,(H,3,4)/t18-,22?,25?;/m0./s1. The van der Waals surface area contributed by atoms with Crippen molar-refractivity contribution in [1.29, 1.82) is 0 Å². The van der Waals surface area contributed by atoms with Gasteiger partial charge >= 0.3 is 0 Å². The van der Waals surface area contributed by atoms with Crippen LogP contribution in [0.1, 0.15) is 67.7 Å². The molecule has 0 saturated heterocycles. The van der Waals surface area contributed by atoms with Gasteiger partial charge in [0.1, 0.15) is 11.8 Å². The summed E-state index contributed by atoms with van der Waals surface area (Å²) in [7, 11) is 1.52. The smallest absolute Gasteiger partial charge is 0.300 e. The van der Waals surface area contributed by atoms with E-state index in [2.05, 4.69) is 21.1 Å². The summed E-state index contributed by atoms with van der Waals surface area (Å²) in [6.07, 6.45) is 5.06. The topological polar surface area (TPSA) is 209 Å². The predicted molar refractivity (Wildman–Crippen MR) is 164 cm³/mol. The molecule has 1 aliphatic rings. The number of amides is 2. The van der Waals surface area contributed by atoms with E-state index in [0.29, 0.717) is 18.5 Å². The number of carboxylic acids is 1. The van der Waals surface area contributed by atoms with Gasteiger partial charge in [-0.2, -0.15) is 0 Å². The highest BCUT2D eigenvalue weighted by molar-refractivity contribution is 5.90. The van der Waals surface area contributed by atoms with Crippen LogP contribution in [0.5, 0.6) is 0 Å². The van der Waals surface area contributed by atoms with Crippen LogP contribution in [-0.2, 0) is 32.0 Å². The van der Waals surface area contributed by atoms with Gasteiger partial charge < -0.3 is 27.2 Å². The van der Waals surface area contributed by atoms with Crippen molar-refractivity contribution in [2.45, 2.75) is 64.3 Å². The Balaban J connectivity index is 0.00000151. The zero-order valence-corrected chi connectivity index (χ0v) is 24.8. The third-order valence-electron chi connectivity index (χ3n) is 6.95. The van der Waals surface area contributed by atoms with Crippen molar-refractivity contribution in [1.82, 2.24) is 10.6 Å². The molecule has 0 fully saturated rings. The number of nitrogens with one attached hydrogen (secondary N) is 3. The number of hydrogen-bond donors (Lipinski definition) is 7. The molecule has 9 N–H and O–H groups in total. The molecule has 0 radical (unpaired) electrons. The van der Waals surface area contributed by atoms with Crippen molar-refractivity contribution < 1.29 is 29.5 Å². The fraction of sp³-hybridized carbons (Fsp3) is 0.387. The van der Waals surface area contributed by atoms with Gasteiger partial charge in [0.2, 0.25) is 11.8 Å². The Hall–Kier alpha value is -4.71. The molecule has 12 nitrogen and oxygen atoms in total. The number of fused-ring (bicyclic) bond motifs is 2. The summed E-state index contributed by atoms with van der Waals surface area (Å²) in [4.78, 5) is 51.3. The molecular weight excluding hydrogens is 552 g/mol. The van der Waals surface area contributed by atoms with E-state index < -0.39 is 12.0 Å². The Morgan fingerprint density at radius 3 is 2.40 bits per heavy atom. The largest absolute Gasteiger partial charge is 0.481 e. The number of hydrogen-bond acceptors (Lipinski definition) is 7. The van der Waals surface area contributed by atoms with Crippen molar-refractivity contribution >= 4 is 35.2 Å². The minimum absolute atomic E-state index is 0.0167. The summed E-state index contributed by atoms with van der Waals surface area (Å²) >= 11 is 0. The second kappa shape index (κ2) is 17.3. The number of aliphatic imine (C=N–C) groups is 1. The van der Waals surface area contributed by atoms with E-state index in [0.717, 1.165) is 29.2 Å². The van der Waals surface area contributed by atoms with Crippen LogP contribution in [0.25, 0.3) is 0 Å². The van der Waals surface area contributed by atoms with E-state index in [9.17, 15) is 19.6 Å². The number of rotatable bonds is 7. The van der Waals surface area contributed by atoms with Crippen LogP contribution in [0.15, 0.2) is 59.7 Å². The number of carboxylic acid groups (broad SMARTS) is 1. The first-order valence-corrected chi connectivity index (χ1v) is 14.0. The molecule has 0 aromatic heterocycles. The monoisotopic (exact) mass is 594 g/mol. The molecule has 0 spiro atoms. The first-order valence-electron chi connectivity index (χ1n) is 14.0. The van der Waals surface area contributed by atoms with Crippen molar-refractivity contribution in [2.24, 2.45) is 22.4 Å². The van der Waals surface area contributed by atoms with Crippen molar-refractivity contribution in [3.8, 4) is 0 Å². The molecule has 0 saturated carbocycles. The van der Waals surface area contributed by atoms with Crippen LogP contribution in [-0.4, -0.2) is 52.9 Å². The minimum atomic E-state index is -0.833. The van der Waals surface area contributed by atoms with Gasteiger partial charge in [-0.3, -0.25) is 29.9 Å². The lowest BCUT2D eigenvalue weighted by Crippen LogP contribution is -2.47. The molecule has 2 unspecified atom stereocenters. The molecule has 1 heterocycles. The number of carbonyl (C=O) groups is 4. The van der Waals surface area contributed by atoms with E-state index in [4.69, 9.17) is 21.4 Å². The average molecular weight is 595 g/mol. The summed E-state index contributed by atoms with van der Waals surface area (Å²) < 4.78 is 0. The Kier molecular flexibility index (Phi) is 13.9. The number of allylic oxidation sites excluding steroid dienone is 1. The maximum absolute atomic E-state index is 12.8. The highest BCUT2D eigenvalue weighted by Gasteiger charge is 2.28. The van der Waals surface area contributed by atoms with Crippen LogP contribution in [0.3, 0.4) is 0 Å². The lowest BCUT2D eigenvalue weighted by atomic mass is 9.78. The van der Waals surface area contributed by atoms with Crippen molar-refractivity contribution in [3.63, 3.8) is 0 Å². The van der Waals surface area contributed by atoms with Gasteiger partial charge in [0.25, 0.3) is 5.97 Å². The third-order valence-corrected chi connectivity index (χ3v) is 6.95. The van der Waals surface area contributed by atoms with Gasteiger partial charge in [-0.25, -0.2) is 4.99 Å². The number of anilines is 1. The molecule has 43 heavy (non-hydrogen) atoms. The molecular formula is C31H42N6O6.